The molecule has 1 nitrogen and oxygen atoms in total. The molecular weight excluding hydrogens is 312 g/mol. The minimum Gasteiger partial charge on any atom is -0.493 e. The van der Waals surface area contributed by atoms with Crippen LogP contribution in [0.1, 0.15) is 19.3 Å². The quantitative estimate of drug-likeness (QED) is 0.676. The molecule has 0 radical (unpaired) electrons. The van der Waals surface area contributed by atoms with Crippen molar-refractivity contribution >= 4 is 15.9 Å². The van der Waals surface area contributed by atoms with Crippen LogP contribution in [0.4, 0.5) is 0 Å². The van der Waals surface area contributed by atoms with Gasteiger partial charge in [0.05, 0.1) is 6.61 Å². The van der Waals surface area contributed by atoms with Crippen molar-refractivity contribution in [3.63, 3.8) is 0 Å². The largest absolute Gasteiger partial charge is 0.493 e. The number of halogens is 1. The first-order valence-corrected chi connectivity index (χ1v) is 8.28. The molecule has 0 amide bonds. The predicted molar refractivity (Wildman–Crippen MR) is 87.5 cm³/mol. The highest BCUT2D eigenvalue weighted by molar-refractivity contribution is 9.09. The van der Waals surface area contributed by atoms with E-state index in [1.54, 1.807) is 0 Å². The fourth-order valence-electron chi connectivity index (χ4n) is 2.60. The Labute approximate surface area is 129 Å². The lowest BCUT2D eigenvalue weighted by atomic mass is 9.71. The second-order valence-corrected chi connectivity index (χ2v) is 6.23. The lowest BCUT2D eigenvalue weighted by Crippen LogP contribution is -2.37. The summed E-state index contributed by atoms with van der Waals surface area (Å²) in [5.74, 6) is 0.969. The lowest BCUT2D eigenvalue weighted by molar-refractivity contribution is 0.0838. The Bertz CT molecular complexity index is 538. The molecule has 2 aromatic carbocycles. The lowest BCUT2D eigenvalue weighted by Gasteiger charge is -2.39. The van der Waals surface area contributed by atoms with Crippen molar-refractivity contribution in [2.24, 2.45) is 5.41 Å². The van der Waals surface area contributed by atoms with Crippen LogP contribution in [0.3, 0.4) is 0 Å². The van der Waals surface area contributed by atoms with E-state index in [-0.39, 0.29) is 0 Å². The van der Waals surface area contributed by atoms with Crippen LogP contribution in [0.5, 0.6) is 5.75 Å². The second-order valence-electron chi connectivity index (χ2n) is 5.67. The van der Waals surface area contributed by atoms with Gasteiger partial charge < -0.3 is 4.74 Å². The highest BCUT2D eigenvalue weighted by atomic mass is 79.9. The highest BCUT2D eigenvalue weighted by Crippen LogP contribution is 2.42. The Balaban J connectivity index is 1.65. The number of ether oxygens (including phenoxy) is 1. The van der Waals surface area contributed by atoms with E-state index in [4.69, 9.17) is 4.74 Å². The number of hydrogen-bond acceptors (Lipinski definition) is 1. The smallest absolute Gasteiger partial charge is 0.119 e. The van der Waals surface area contributed by atoms with Gasteiger partial charge in [-0.1, -0.05) is 64.8 Å². The molecule has 0 aliphatic heterocycles. The van der Waals surface area contributed by atoms with Crippen molar-refractivity contribution in [3.8, 4) is 16.9 Å². The van der Waals surface area contributed by atoms with Gasteiger partial charge in [-0.2, -0.15) is 0 Å². The van der Waals surface area contributed by atoms with E-state index in [1.165, 1.54) is 30.4 Å². The van der Waals surface area contributed by atoms with Gasteiger partial charge in [0.15, 0.2) is 0 Å². The van der Waals surface area contributed by atoms with E-state index < -0.39 is 0 Å². The zero-order valence-electron chi connectivity index (χ0n) is 11.5. The summed E-state index contributed by atoms with van der Waals surface area (Å²) in [6, 6.07) is 18.8. The monoisotopic (exact) mass is 330 g/mol. The fourth-order valence-corrected chi connectivity index (χ4v) is 3.33. The van der Waals surface area contributed by atoms with E-state index in [2.05, 4.69) is 64.5 Å². The van der Waals surface area contributed by atoms with Crippen LogP contribution >= 0.6 is 15.9 Å². The summed E-state index contributed by atoms with van der Waals surface area (Å²) in [5, 5.41) is 1.04. The topological polar surface area (TPSA) is 9.23 Å². The van der Waals surface area contributed by atoms with Gasteiger partial charge in [-0.25, -0.2) is 0 Å². The third-order valence-corrected chi connectivity index (χ3v) is 5.39. The molecule has 0 atom stereocenters. The van der Waals surface area contributed by atoms with E-state index in [9.17, 15) is 0 Å². The van der Waals surface area contributed by atoms with Crippen LogP contribution < -0.4 is 4.74 Å². The summed E-state index contributed by atoms with van der Waals surface area (Å²) in [4.78, 5) is 0. The zero-order valence-corrected chi connectivity index (χ0v) is 13.1. The molecule has 0 N–H and O–H groups in total. The van der Waals surface area contributed by atoms with Gasteiger partial charge in [-0.3, -0.25) is 0 Å². The molecule has 0 unspecified atom stereocenters. The molecule has 1 fully saturated rings. The van der Waals surface area contributed by atoms with Crippen molar-refractivity contribution in [2.45, 2.75) is 19.3 Å². The summed E-state index contributed by atoms with van der Waals surface area (Å²) in [7, 11) is 0. The molecule has 2 aromatic rings. The number of benzene rings is 2. The van der Waals surface area contributed by atoms with E-state index in [1.807, 2.05) is 6.07 Å². The first-order valence-electron chi connectivity index (χ1n) is 7.16. The van der Waals surface area contributed by atoms with E-state index in [0.29, 0.717) is 5.41 Å². The molecule has 104 valence electrons. The summed E-state index contributed by atoms with van der Waals surface area (Å²) >= 11 is 3.62. The summed E-state index contributed by atoms with van der Waals surface area (Å²) in [6.45, 7) is 0.822. The molecule has 1 saturated carbocycles. The average molecular weight is 331 g/mol. The maximum absolute atomic E-state index is 5.97. The Morgan fingerprint density at radius 1 is 0.900 bits per heavy atom. The Hall–Kier alpha value is -1.28. The van der Waals surface area contributed by atoms with Gasteiger partial charge in [0.1, 0.15) is 5.75 Å². The number of hydrogen-bond donors (Lipinski definition) is 0. The van der Waals surface area contributed by atoms with Crippen molar-refractivity contribution < 1.29 is 4.74 Å². The van der Waals surface area contributed by atoms with E-state index in [0.717, 1.165) is 17.7 Å². The molecule has 0 spiro atoms. The third-order valence-electron chi connectivity index (χ3n) is 4.20. The van der Waals surface area contributed by atoms with Crippen LogP contribution in [0.2, 0.25) is 0 Å². The second kappa shape index (κ2) is 6.01. The zero-order chi connectivity index (χ0) is 13.8. The van der Waals surface area contributed by atoms with Crippen molar-refractivity contribution in [1.29, 1.82) is 0 Å². The summed E-state index contributed by atoms with van der Waals surface area (Å²) < 4.78 is 5.97. The Kier molecular flexibility index (Phi) is 4.11. The van der Waals surface area contributed by atoms with Gasteiger partial charge in [-0.15, -0.1) is 0 Å². The average Bonchev–Trinajstić information content (AvgIpc) is 2.48. The first-order chi connectivity index (χ1) is 9.81. The number of rotatable bonds is 5. The molecule has 0 bridgehead atoms. The fraction of sp³-hybridized carbons (Fsp3) is 0.333. The number of alkyl halides is 1. The Morgan fingerprint density at radius 3 is 2.10 bits per heavy atom. The SMILES string of the molecule is BrCC1(COc2ccc(-c3ccccc3)cc2)CCC1. The van der Waals surface area contributed by atoms with Gasteiger partial charge in [0, 0.05) is 10.7 Å². The van der Waals surface area contributed by atoms with Crippen molar-refractivity contribution in [2.75, 3.05) is 11.9 Å². The predicted octanol–water partition coefficient (Wildman–Crippen LogP) is 5.30. The summed E-state index contributed by atoms with van der Waals surface area (Å²) in [5.41, 5.74) is 2.85. The molecule has 1 aliphatic carbocycles. The maximum atomic E-state index is 5.97. The van der Waals surface area contributed by atoms with Gasteiger partial charge in [0.2, 0.25) is 0 Å². The van der Waals surface area contributed by atoms with E-state index >= 15 is 0 Å². The normalized spacial score (nSPS) is 16.4. The standard InChI is InChI=1S/C18H19BrO/c19-13-18(11-4-12-18)14-20-17-9-7-16(8-10-17)15-5-2-1-3-6-15/h1-3,5-10H,4,11-14H2. The van der Waals surface area contributed by atoms with Crippen molar-refractivity contribution in [3.05, 3.63) is 54.6 Å². The molecule has 3 rings (SSSR count). The van der Waals surface area contributed by atoms with Gasteiger partial charge >= 0.3 is 0 Å². The van der Waals surface area contributed by atoms with Crippen LogP contribution in [-0.2, 0) is 0 Å². The van der Waals surface area contributed by atoms with Crippen molar-refractivity contribution in [1.82, 2.24) is 0 Å². The molecule has 2 heteroatoms. The minimum absolute atomic E-state index is 0.373. The molecular formula is C18H19BrO. The molecule has 0 heterocycles. The third kappa shape index (κ3) is 2.90. The van der Waals surface area contributed by atoms with Crippen LogP contribution in [-0.4, -0.2) is 11.9 Å². The molecule has 20 heavy (non-hydrogen) atoms. The first kappa shape index (κ1) is 13.7. The minimum atomic E-state index is 0.373. The van der Waals surface area contributed by atoms with Crippen LogP contribution in [0.25, 0.3) is 11.1 Å². The maximum Gasteiger partial charge on any atom is 0.119 e. The molecule has 0 aromatic heterocycles. The Morgan fingerprint density at radius 2 is 1.55 bits per heavy atom. The highest BCUT2D eigenvalue weighted by Gasteiger charge is 2.36. The van der Waals surface area contributed by atoms with Crippen LogP contribution in [0, 0.1) is 5.41 Å². The molecule has 0 saturated heterocycles. The van der Waals surface area contributed by atoms with Gasteiger partial charge in [0.25, 0.3) is 0 Å². The molecule has 1 aliphatic rings. The summed E-state index contributed by atoms with van der Waals surface area (Å²) in [6.07, 6.45) is 3.89. The van der Waals surface area contributed by atoms with Crippen LogP contribution in [0.15, 0.2) is 54.6 Å². The van der Waals surface area contributed by atoms with Gasteiger partial charge in [-0.05, 0) is 36.1 Å².